The summed E-state index contributed by atoms with van der Waals surface area (Å²) in [5.74, 6) is 0.790. The lowest BCUT2D eigenvalue weighted by Crippen LogP contribution is -1.95. The summed E-state index contributed by atoms with van der Waals surface area (Å²) in [7, 11) is 0. The predicted octanol–water partition coefficient (Wildman–Crippen LogP) is 4.62. The molecule has 0 aliphatic carbocycles. The highest BCUT2D eigenvalue weighted by Crippen LogP contribution is 2.32. The van der Waals surface area contributed by atoms with E-state index in [1.165, 1.54) is 5.56 Å². The van der Waals surface area contributed by atoms with E-state index in [0.29, 0.717) is 5.56 Å². The number of nitriles is 1. The van der Waals surface area contributed by atoms with Crippen LogP contribution in [-0.4, -0.2) is 9.97 Å². The number of rotatable bonds is 4. The Morgan fingerprint density at radius 1 is 1.13 bits per heavy atom. The second kappa shape index (κ2) is 7.08. The third-order valence-electron chi connectivity index (χ3n) is 3.42. The van der Waals surface area contributed by atoms with Crippen LogP contribution in [0, 0.1) is 18.3 Å². The van der Waals surface area contributed by atoms with Crippen LogP contribution in [0.5, 0.6) is 0 Å². The number of nitrogens with zero attached hydrogens (tertiary/aromatic N) is 3. The van der Waals surface area contributed by atoms with E-state index in [9.17, 15) is 5.26 Å². The van der Waals surface area contributed by atoms with Crippen LogP contribution in [0.1, 0.15) is 16.8 Å². The lowest BCUT2D eigenvalue weighted by Gasteiger charge is -2.10. The normalized spacial score (nSPS) is 10.3. The SMILES string of the molecule is Cc1cc(-c2cccnc2)c(C#N)c(SCc2ccccc2)n1. The molecule has 112 valence electrons. The maximum Gasteiger partial charge on any atom is 0.115 e. The first-order valence-corrected chi connectivity index (χ1v) is 8.25. The van der Waals surface area contributed by atoms with Gasteiger partial charge in [0.2, 0.25) is 0 Å². The zero-order valence-corrected chi connectivity index (χ0v) is 13.5. The number of thioether (sulfide) groups is 1. The van der Waals surface area contributed by atoms with Crippen molar-refractivity contribution in [2.75, 3.05) is 0 Å². The van der Waals surface area contributed by atoms with E-state index < -0.39 is 0 Å². The van der Waals surface area contributed by atoms with Gasteiger partial charge in [0.1, 0.15) is 11.1 Å². The van der Waals surface area contributed by atoms with E-state index >= 15 is 0 Å². The summed E-state index contributed by atoms with van der Waals surface area (Å²) in [6.45, 7) is 1.95. The highest BCUT2D eigenvalue weighted by molar-refractivity contribution is 7.98. The third-order valence-corrected chi connectivity index (χ3v) is 4.46. The van der Waals surface area contributed by atoms with Gasteiger partial charge in [-0.25, -0.2) is 4.98 Å². The van der Waals surface area contributed by atoms with E-state index in [0.717, 1.165) is 27.6 Å². The van der Waals surface area contributed by atoms with Crippen molar-refractivity contribution in [1.82, 2.24) is 9.97 Å². The monoisotopic (exact) mass is 317 g/mol. The van der Waals surface area contributed by atoms with E-state index in [4.69, 9.17) is 0 Å². The van der Waals surface area contributed by atoms with Gasteiger partial charge in [-0.3, -0.25) is 4.98 Å². The molecule has 3 rings (SSSR count). The van der Waals surface area contributed by atoms with Gasteiger partial charge in [-0.2, -0.15) is 5.26 Å². The van der Waals surface area contributed by atoms with Gasteiger partial charge in [-0.15, -0.1) is 11.8 Å². The Balaban J connectivity index is 1.97. The number of hydrogen-bond acceptors (Lipinski definition) is 4. The Labute approximate surface area is 140 Å². The van der Waals surface area contributed by atoms with Gasteiger partial charge in [0.05, 0.1) is 5.56 Å². The van der Waals surface area contributed by atoms with Crippen LogP contribution in [0.25, 0.3) is 11.1 Å². The number of pyridine rings is 2. The standard InChI is InChI=1S/C19H15N3S/c1-14-10-17(16-8-5-9-21-12-16)18(11-20)19(22-14)23-13-15-6-3-2-4-7-15/h2-10,12H,13H2,1H3. The van der Waals surface area contributed by atoms with Gasteiger partial charge >= 0.3 is 0 Å². The van der Waals surface area contributed by atoms with Gasteiger partial charge in [-0.1, -0.05) is 36.4 Å². The molecule has 23 heavy (non-hydrogen) atoms. The van der Waals surface area contributed by atoms with Crippen LogP contribution in [0.15, 0.2) is 66.0 Å². The molecule has 0 amide bonds. The molecule has 0 bridgehead atoms. The molecule has 0 saturated carbocycles. The fourth-order valence-corrected chi connectivity index (χ4v) is 3.34. The molecule has 0 spiro atoms. The fourth-order valence-electron chi connectivity index (χ4n) is 2.33. The molecular weight excluding hydrogens is 302 g/mol. The molecule has 0 aliphatic heterocycles. The molecular formula is C19H15N3S. The maximum atomic E-state index is 9.62. The lowest BCUT2D eigenvalue weighted by atomic mass is 10.0. The maximum absolute atomic E-state index is 9.62. The Hall–Kier alpha value is -2.64. The molecule has 2 aromatic heterocycles. The average molecular weight is 317 g/mol. The van der Waals surface area contributed by atoms with Crippen molar-refractivity contribution in [2.45, 2.75) is 17.7 Å². The largest absolute Gasteiger partial charge is 0.264 e. The van der Waals surface area contributed by atoms with Crippen molar-refractivity contribution in [1.29, 1.82) is 5.26 Å². The summed E-state index contributed by atoms with van der Waals surface area (Å²) in [5.41, 5.74) is 4.57. The Morgan fingerprint density at radius 2 is 1.96 bits per heavy atom. The van der Waals surface area contributed by atoms with Crippen molar-refractivity contribution in [3.8, 4) is 17.2 Å². The van der Waals surface area contributed by atoms with Crippen LogP contribution in [-0.2, 0) is 5.75 Å². The Bertz CT molecular complexity index is 840. The third kappa shape index (κ3) is 3.58. The second-order valence-electron chi connectivity index (χ2n) is 5.12. The summed E-state index contributed by atoms with van der Waals surface area (Å²) in [6.07, 6.45) is 3.51. The Morgan fingerprint density at radius 3 is 2.65 bits per heavy atom. The minimum atomic E-state index is 0.615. The smallest absolute Gasteiger partial charge is 0.115 e. The number of hydrogen-bond donors (Lipinski definition) is 0. The lowest BCUT2D eigenvalue weighted by molar-refractivity contribution is 1.05. The van der Waals surface area contributed by atoms with E-state index in [-0.39, 0.29) is 0 Å². The molecule has 0 unspecified atom stereocenters. The first kappa shape index (κ1) is 15.3. The van der Waals surface area contributed by atoms with Crippen LogP contribution < -0.4 is 0 Å². The van der Waals surface area contributed by atoms with Crippen molar-refractivity contribution >= 4 is 11.8 Å². The molecule has 3 nitrogen and oxygen atoms in total. The van der Waals surface area contributed by atoms with Crippen molar-refractivity contribution in [3.05, 3.63) is 77.7 Å². The molecule has 0 N–H and O–H groups in total. The molecule has 0 atom stereocenters. The van der Waals surface area contributed by atoms with Crippen LogP contribution in [0.4, 0.5) is 0 Å². The molecule has 0 saturated heterocycles. The van der Waals surface area contributed by atoms with Crippen LogP contribution in [0.2, 0.25) is 0 Å². The fraction of sp³-hybridized carbons (Fsp3) is 0.105. The highest BCUT2D eigenvalue weighted by Gasteiger charge is 2.13. The van der Waals surface area contributed by atoms with E-state index in [1.54, 1.807) is 24.2 Å². The topological polar surface area (TPSA) is 49.6 Å². The van der Waals surface area contributed by atoms with Gasteiger partial charge in [0.25, 0.3) is 0 Å². The summed E-state index contributed by atoms with van der Waals surface area (Å²) >= 11 is 1.59. The Kier molecular flexibility index (Phi) is 4.70. The quantitative estimate of drug-likeness (QED) is 0.659. The zero-order chi connectivity index (χ0) is 16.1. The van der Waals surface area contributed by atoms with Gasteiger partial charge < -0.3 is 0 Å². The summed E-state index contributed by atoms with van der Waals surface area (Å²) in [4.78, 5) is 8.72. The summed E-state index contributed by atoms with van der Waals surface area (Å²) in [5, 5.41) is 10.4. The first-order chi connectivity index (χ1) is 11.3. The predicted molar refractivity (Wildman–Crippen MR) is 92.9 cm³/mol. The molecule has 4 heteroatoms. The number of aromatic nitrogens is 2. The number of aryl methyl sites for hydroxylation is 1. The van der Waals surface area contributed by atoms with Gasteiger partial charge in [0, 0.05) is 35.0 Å². The van der Waals surface area contributed by atoms with Gasteiger partial charge in [0.15, 0.2) is 0 Å². The molecule has 0 fully saturated rings. The second-order valence-corrected chi connectivity index (χ2v) is 6.08. The van der Waals surface area contributed by atoms with Crippen molar-refractivity contribution in [3.63, 3.8) is 0 Å². The zero-order valence-electron chi connectivity index (χ0n) is 12.7. The van der Waals surface area contributed by atoms with E-state index in [1.807, 2.05) is 43.3 Å². The first-order valence-electron chi connectivity index (χ1n) is 7.27. The average Bonchev–Trinajstić information content (AvgIpc) is 2.61. The highest BCUT2D eigenvalue weighted by atomic mass is 32.2. The molecule has 0 radical (unpaired) electrons. The molecule has 1 aromatic carbocycles. The summed E-state index contributed by atoms with van der Waals surface area (Å²) < 4.78 is 0. The minimum absolute atomic E-state index is 0.615. The van der Waals surface area contributed by atoms with Crippen molar-refractivity contribution in [2.24, 2.45) is 0 Å². The number of benzene rings is 1. The van der Waals surface area contributed by atoms with Crippen molar-refractivity contribution < 1.29 is 0 Å². The van der Waals surface area contributed by atoms with E-state index in [2.05, 4.69) is 28.2 Å². The molecule has 3 aromatic rings. The molecule has 0 aliphatic rings. The minimum Gasteiger partial charge on any atom is -0.264 e. The molecule has 2 heterocycles. The van der Waals surface area contributed by atoms with Crippen LogP contribution in [0.3, 0.4) is 0 Å². The van der Waals surface area contributed by atoms with Crippen LogP contribution >= 0.6 is 11.8 Å². The summed E-state index contributed by atoms with van der Waals surface area (Å²) in [6, 6.07) is 18.3. The van der Waals surface area contributed by atoms with Gasteiger partial charge in [-0.05, 0) is 24.6 Å².